The standard InChI is InChI=1S/C20H36O2/c1-3-5-6-7-8-9-10-11-12-13-14-15-16-17-18-19-20(21)22-4-2/h4,11-12H,2-3,5-10,13-19H2,1H3/b12-11+. The molecule has 0 N–H and O–H groups in total. The molecule has 0 rings (SSSR count). The third kappa shape index (κ3) is 17.0. The van der Waals surface area contributed by atoms with Crippen LogP contribution in [-0.4, -0.2) is 5.97 Å². The van der Waals surface area contributed by atoms with Gasteiger partial charge in [0.15, 0.2) is 0 Å². The zero-order chi connectivity index (χ0) is 16.3. The SMILES string of the molecule is C=COC(=O)CCCCCCC/C=C/CCCCCCCC. The Bertz CT molecular complexity index is 281. The molecule has 0 radical (unpaired) electrons. The zero-order valence-electron chi connectivity index (χ0n) is 14.7. The molecule has 0 aliphatic carbocycles. The van der Waals surface area contributed by atoms with E-state index in [0.29, 0.717) is 6.42 Å². The van der Waals surface area contributed by atoms with Crippen molar-refractivity contribution in [2.24, 2.45) is 0 Å². The summed E-state index contributed by atoms with van der Waals surface area (Å²) in [6.45, 7) is 5.64. The van der Waals surface area contributed by atoms with Gasteiger partial charge in [-0.3, -0.25) is 4.79 Å². The summed E-state index contributed by atoms with van der Waals surface area (Å²) in [5, 5.41) is 0. The van der Waals surface area contributed by atoms with Crippen LogP contribution < -0.4 is 0 Å². The predicted molar refractivity (Wildman–Crippen MR) is 95.7 cm³/mol. The minimum absolute atomic E-state index is 0.160. The van der Waals surface area contributed by atoms with Gasteiger partial charge in [0.1, 0.15) is 0 Å². The quantitative estimate of drug-likeness (QED) is 0.137. The fourth-order valence-electron chi connectivity index (χ4n) is 2.49. The molecule has 0 aromatic rings. The van der Waals surface area contributed by atoms with Gasteiger partial charge in [-0.1, -0.05) is 77.0 Å². The molecule has 0 unspecified atom stereocenters. The largest absolute Gasteiger partial charge is 0.435 e. The summed E-state index contributed by atoms with van der Waals surface area (Å²) in [6, 6.07) is 0. The number of allylic oxidation sites excluding steroid dienone is 2. The highest BCUT2D eigenvalue weighted by Crippen LogP contribution is 2.10. The average molecular weight is 309 g/mol. The van der Waals surface area contributed by atoms with E-state index in [2.05, 4.69) is 30.4 Å². The lowest BCUT2D eigenvalue weighted by atomic mass is 10.1. The Morgan fingerprint density at radius 1 is 0.818 bits per heavy atom. The summed E-state index contributed by atoms with van der Waals surface area (Å²) < 4.78 is 4.68. The molecule has 0 aromatic carbocycles. The fraction of sp³-hybridized carbons (Fsp3) is 0.750. The lowest BCUT2D eigenvalue weighted by Gasteiger charge is -2.00. The van der Waals surface area contributed by atoms with E-state index in [1.807, 2.05) is 0 Å². The molecule has 0 fully saturated rings. The van der Waals surface area contributed by atoms with E-state index in [4.69, 9.17) is 0 Å². The average Bonchev–Trinajstić information content (AvgIpc) is 2.51. The zero-order valence-corrected chi connectivity index (χ0v) is 14.7. The molecule has 0 aliphatic rings. The van der Waals surface area contributed by atoms with Crippen LogP contribution in [0.3, 0.4) is 0 Å². The first kappa shape index (κ1) is 20.9. The maximum absolute atomic E-state index is 11.1. The van der Waals surface area contributed by atoms with Crippen molar-refractivity contribution >= 4 is 5.97 Å². The Morgan fingerprint density at radius 3 is 1.86 bits per heavy atom. The Kier molecular flexibility index (Phi) is 17.1. The molecule has 0 bridgehead atoms. The lowest BCUT2D eigenvalue weighted by molar-refractivity contribution is -0.138. The number of unbranched alkanes of at least 4 members (excludes halogenated alkanes) is 11. The summed E-state index contributed by atoms with van der Waals surface area (Å²) in [6.07, 6.45) is 22.9. The van der Waals surface area contributed by atoms with Gasteiger partial charge in [-0.05, 0) is 32.1 Å². The number of hydrogen-bond donors (Lipinski definition) is 0. The minimum Gasteiger partial charge on any atom is -0.435 e. The van der Waals surface area contributed by atoms with Crippen LogP contribution in [-0.2, 0) is 9.53 Å². The molecule has 0 aromatic heterocycles. The monoisotopic (exact) mass is 308 g/mol. The molecule has 0 saturated heterocycles. The molecule has 22 heavy (non-hydrogen) atoms. The van der Waals surface area contributed by atoms with Crippen molar-refractivity contribution in [3.8, 4) is 0 Å². The van der Waals surface area contributed by atoms with E-state index in [1.165, 1.54) is 76.9 Å². The van der Waals surface area contributed by atoms with E-state index in [-0.39, 0.29) is 5.97 Å². The van der Waals surface area contributed by atoms with Crippen molar-refractivity contribution in [2.45, 2.75) is 96.8 Å². The second kappa shape index (κ2) is 18.0. The molecule has 0 spiro atoms. The smallest absolute Gasteiger partial charge is 0.310 e. The van der Waals surface area contributed by atoms with Crippen molar-refractivity contribution < 1.29 is 9.53 Å². The number of hydrogen-bond acceptors (Lipinski definition) is 2. The Labute approximate surface area is 138 Å². The fourth-order valence-corrected chi connectivity index (χ4v) is 2.49. The van der Waals surface area contributed by atoms with Crippen molar-refractivity contribution in [3.63, 3.8) is 0 Å². The van der Waals surface area contributed by atoms with Crippen LogP contribution in [0.15, 0.2) is 25.0 Å². The molecule has 2 heteroatoms. The van der Waals surface area contributed by atoms with Gasteiger partial charge >= 0.3 is 5.97 Å². The van der Waals surface area contributed by atoms with E-state index in [9.17, 15) is 4.79 Å². The van der Waals surface area contributed by atoms with Crippen molar-refractivity contribution in [1.82, 2.24) is 0 Å². The van der Waals surface area contributed by atoms with Gasteiger partial charge in [0.25, 0.3) is 0 Å². The Balaban J connectivity index is 3.14. The number of carbonyl (C=O) groups excluding carboxylic acids is 1. The van der Waals surface area contributed by atoms with Crippen LogP contribution in [0, 0.1) is 0 Å². The van der Waals surface area contributed by atoms with Crippen LogP contribution in [0.5, 0.6) is 0 Å². The van der Waals surface area contributed by atoms with Crippen LogP contribution >= 0.6 is 0 Å². The molecule has 0 saturated carbocycles. The van der Waals surface area contributed by atoms with E-state index >= 15 is 0 Å². The molecule has 0 amide bonds. The summed E-state index contributed by atoms with van der Waals surface area (Å²) >= 11 is 0. The highest BCUT2D eigenvalue weighted by atomic mass is 16.5. The van der Waals surface area contributed by atoms with Gasteiger partial charge in [-0.25, -0.2) is 0 Å². The second-order valence-electron chi connectivity index (χ2n) is 5.99. The van der Waals surface area contributed by atoms with Gasteiger partial charge in [-0.15, -0.1) is 0 Å². The molecule has 0 atom stereocenters. The third-order valence-electron chi connectivity index (χ3n) is 3.86. The maximum atomic E-state index is 11.1. The summed E-state index contributed by atoms with van der Waals surface area (Å²) in [7, 11) is 0. The maximum Gasteiger partial charge on any atom is 0.310 e. The minimum atomic E-state index is -0.160. The van der Waals surface area contributed by atoms with Crippen LogP contribution in [0.1, 0.15) is 96.8 Å². The van der Waals surface area contributed by atoms with Gasteiger partial charge in [0, 0.05) is 6.42 Å². The molecular formula is C20H36O2. The van der Waals surface area contributed by atoms with Gasteiger partial charge in [-0.2, -0.15) is 0 Å². The van der Waals surface area contributed by atoms with Crippen molar-refractivity contribution in [1.29, 1.82) is 0 Å². The number of esters is 1. The van der Waals surface area contributed by atoms with Crippen LogP contribution in [0.4, 0.5) is 0 Å². The first-order chi connectivity index (χ1) is 10.8. The van der Waals surface area contributed by atoms with Crippen LogP contribution in [0.25, 0.3) is 0 Å². The highest BCUT2D eigenvalue weighted by Gasteiger charge is 1.99. The Morgan fingerprint density at radius 2 is 1.32 bits per heavy atom. The summed E-state index contributed by atoms with van der Waals surface area (Å²) in [4.78, 5) is 11.1. The van der Waals surface area contributed by atoms with E-state index in [0.717, 1.165) is 12.8 Å². The van der Waals surface area contributed by atoms with Gasteiger partial charge in [0.2, 0.25) is 0 Å². The lowest BCUT2D eigenvalue weighted by Crippen LogP contribution is -1.98. The Hall–Kier alpha value is -1.05. The molecule has 2 nitrogen and oxygen atoms in total. The van der Waals surface area contributed by atoms with Gasteiger partial charge in [0.05, 0.1) is 6.26 Å². The van der Waals surface area contributed by atoms with E-state index < -0.39 is 0 Å². The van der Waals surface area contributed by atoms with Crippen molar-refractivity contribution in [3.05, 3.63) is 25.0 Å². The number of rotatable bonds is 16. The summed E-state index contributed by atoms with van der Waals surface area (Å²) in [5.41, 5.74) is 0. The molecule has 128 valence electrons. The first-order valence-corrected chi connectivity index (χ1v) is 9.26. The third-order valence-corrected chi connectivity index (χ3v) is 3.86. The van der Waals surface area contributed by atoms with E-state index in [1.54, 1.807) is 0 Å². The molecule has 0 heterocycles. The van der Waals surface area contributed by atoms with Crippen LogP contribution in [0.2, 0.25) is 0 Å². The van der Waals surface area contributed by atoms with Gasteiger partial charge < -0.3 is 4.74 Å². The highest BCUT2D eigenvalue weighted by molar-refractivity contribution is 5.69. The number of carbonyl (C=O) groups is 1. The topological polar surface area (TPSA) is 26.3 Å². The normalized spacial score (nSPS) is 11.0. The summed E-state index contributed by atoms with van der Waals surface area (Å²) in [5.74, 6) is -0.160. The number of ether oxygens (including phenoxy) is 1. The predicted octanol–water partition coefficient (Wildman–Crippen LogP) is 6.71. The molecular weight excluding hydrogens is 272 g/mol. The van der Waals surface area contributed by atoms with Crippen molar-refractivity contribution in [2.75, 3.05) is 0 Å². The molecule has 0 aliphatic heterocycles. The second-order valence-corrected chi connectivity index (χ2v) is 5.99. The first-order valence-electron chi connectivity index (χ1n) is 9.26.